The van der Waals surface area contributed by atoms with Crippen LogP contribution in [0.2, 0.25) is 0 Å². The van der Waals surface area contributed by atoms with Crippen molar-refractivity contribution < 1.29 is 0 Å². The Morgan fingerprint density at radius 3 is 2.36 bits per heavy atom. The summed E-state index contributed by atoms with van der Waals surface area (Å²) in [5, 5.41) is 7.31. The van der Waals surface area contributed by atoms with E-state index in [1.807, 2.05) is 6.07 Å². The Kier molecular flexibility index (Phi) is 5.19. The molecule has 0 heterocycles. The third-order valence-electron chi connectivity index (χ3n) is 4.23. The summed E-state index contributed by atoms with van der Waals surface area (Å²) >= 11 is 5.45. The van der Waals surface area contributed by atoms with Crippen LogP contribution in [0.15, 0.2) is 36.4 Å². The van der Waals surface area contributed by atoms with Crippen LogP contribution in [0.25, 0.3) is 0 Å². The van der Waals surface area contributed by atoms with Crippen molar-refractivity contribution in [2.45, 2.75) is 40.7 Å². The standard InChI is InChI=1S/C19H24N2S/c1-12-9-10-17(11-14(12)3)16(5)20-19(22)21-18-8-6-7-13(2)15(18)4/h6-11,16H,1-5H3,(H2,20,21,22). The Bertz CT molecular complexity index is 692. The van der Waals surface area contributed by atoms with E-state index in [2.05, 4.69) is 75.6 Å². The van der Waals surface area contributed by atoms with Gasteiger partial charge < -0.3 is 10.6 Å². The summed E-state index contributed by atoms with van der Waals surface area (Å²) in [7, 11) is 0. The second kappa shape index (κ2) is 6.93. The van der Waals surface area contributed by atoms with E-state index in [0.717, 1.165) is 5.69 Å². The van der Waals surface area contributed by atoms with Gasteiger partial charge in [0.05, 0.1) is 6.04 Å². The van der Waals surface area contributed by atoms with Crippen LogP contribution >= 0.6 is 12.2 Å². The van der Waals surface area contributed by atoms with E-state index in [0.29, 0.717) is 5.11 Å². The summed E-state index contributed by atoms with van der Waals surface area (Å²) in [6.07, 6.45) is 0. The lowest BCUT2D eigenvalue weighted by Crippen LogP contribution is -2.31. The minimum atomic E-state index is 0.171. The molecular formula is C19H24N2S. The van der Waals surface area contributed by atoms with E-state index in [-0.39, 0.29) is 6.04 Å². The summed E-state index contributed by atoms with van der Waals surface area (Å²) in [6, 6.07) is 12.9. The summed E-state index contributed by atoms with van der Waals surface area (Å²) in [5.74, 6) is 0. The van der Waals surface area contributed by atoms with Crippen molar-refractivity contribution in [2.24, 2.45) is 0 Å². The Balaban J connectivity index is 2.05. The van der Waals surface area contributed by atoms with Crippen molar-refractivity contribution in [3.63, 3.8) is 0 Å². The lowest BCUT2D eigenvalue weighted by atomic mass is 10.0. The van der Waals surface area contributed by atoms with Crippen molar-refractivity contribution in [3.8, 4) is 0 Å². The first-order valence-corrected chi connectivity index (χ1v) is 8.00. The van der Waals surface area contributed by atoms with Crippen LogP contribution in [0, 0.1) is 27.7 Å². The molecule has 2 N–H and O–H groups in total. The highest BCUT2D eigenvalue weighted by molar-refractivity contribution is 7.80. The van der Waals surface area contributed by atoms with Gasteiger partial charge in [-0.25, -0.2) is 0 Å². The van der Waals surface area contributed by atoms with Crippen LogP contribution in [0.4, 0.5) is 5.69 Å². The molecule has 0 radical (unpaired) electrons. The lowest BCUT2D eigenvalue weighted by molar-refractivity contribution is 0.721. The minimum absolute atomic E-state index is 0.171. The number of nitrogens with one attached hydrogen (secondary N) is 2. The molecule has 22 heavy (non-hydrogen) atoms. The van der Waals surface area contributed by atoms with Crippen LogP contribution in [-0.4, -0.2) is 5.11 Å². The predicted octanol–water partition coefficient (Wildman–Crippen LogP) is 4.97. The molecule has 2 aromatic carbocycles. The second-order valence-electron chi connectivity index (χ2n) is 5.91. The summed E-state index contributed by atoms with van der Waals surface area (Å²) in [6.45, 7) is 10.6. The molecule has 0 aliphatic rings. The topological polar surface area (TPSA) is 24.1 Å². The maximum atomic E-state index is 5.45. The molecule has 116 valence electrons. The average Bonchev–Trinajstić information content (AvgIpc) is 2.46. The third kappa shape index (κ3) is 3.86. The third-order valence-corrected chi connectivity index (χ3v) is 4.45. The summed E-state index contributed by atoms with van der Waals surface area (Å²) in [4.78, 5) is 0. The van der Waals surface area contributed by atoms with Gasteiger partial charge in [-0.05, 0) is 80.7 Å². The van der Waals surface area contributed by atoms with Crippen molar-refractivity contribution >= 4 is 23.0 Å². The Hall–Kier alpha value is -1.87. The number of anilines is 1. The van der Waals surface area contributed by atoms with Gasteiger partial charge in [-0.1, -0.05) is 30.3 Å². The monoisotopic (exact) mass is 312 g/mol. The van der Waals surface area contributed by atoms with Crippen LogP contribution in [0.5, 0.6) is 0 Å². The molecular weight excluding hydrogens is 288 g/mol. The first-order valence-electron chi connectivity index (χ1n) is 7.59. The number of benzene rings is 2. The molecule has 2 nitrogen and oxygen atoms in total. The normalized spacial score (nSPS) is 11.9. The molecule has 2 rings (SSSR count). The molecule has 0 aliphatic heterocycles. The average molecular weight is 312 g/mol. The molecule has 0 saturated carbocycles. The summed E-state index contributed by atoms with van der Waals surface area (Å²) < 4.78 is 0. The second-order valence-corrected chi connectivity index (χ2v) is 6.32. The fourth-order valence-electron chi connectivity index (χ4n) is 2.36. The van der Waals surface area contributed by atoms with Crippen molar-refractivity contribution in [2.75, 3.05) is 5.32 Å². The van der Waals surface area contributed by atoms with E-state index in [1.165, 1.54) is 27.8 Å². The zero-order valence-electron chi connectivity index (χ0n) is 13.9. The fourth-order valence-corrected chi connectivity index (χ4v) is 2.65. The van der Waals surface area contributed by atoms with Gasteiger partial charge in [0.1, 0.15) is 0 Å². The molecule has 3 heteroatoms. The first-order chi connectivity index (χ1) is 10.4. The molecule has 0 amide bonds. The fraction of sp³-hybridized carbons (Fsp3) is 0.316. The number of aryl methyl sites for hydroxylation is 3. The quantitative estimate of drug-likeness (QED) is 0.783. The van der Waals surface area contributed by atoms with E-state index in [9.17, 15) is 0 Å². The van der Waals surface area contributed by atoms with Crippen LogP contribution in [-0.2, 0) is 0 Å². The Morgan fingerprint density at radius 1 is 0.955 bits per heavy atom. The SMILES string of the molecule is Cc1ccc(C(C)NC(=S)Nc2cccc(C)c2C)cc1C. The van der Waals surface area contributed by atoms with Crippen molar-refractivity contribution in [3.05, 3.63) is 64.2 Å². The molecule has 0 fully saturated rings. The molecule has 2 aromatic rings. The number of hydrogen-bond acceptors (Lipinski definition) is 1. The highest BCUT2D eigenvalue weighted by Gasteiger charge is 2.09. The van der Waals surface area contributed by atoms with Crippen LogP contribution < -0.4 is 10.6 Å². The molecule has 0 aromatic heterocycles. The zero-order chi connectivity index (χ0) is 16.3. The maximum Gasteiger partial charge on any atom is 0.171 e. The van der Waals surface area contributed by atoms with Gasteiger partial charge >= 0.3 is 0 Å². The van der Waals surface area contributed by atoms with Crippen molar-refractivity contribution in [1.82, 2.24) is 5.32 Å². The maximum absolute atomic E-state index is 5.45. The van der Waals surface area contributed by atoms with E-state index >= 15 is 0 Å². The lowest BCUT2D eigenvalue weighted by Gasteiger charge is -2.19. The predicted molar refractivity (Wildman–Crippen MR) is 99.6 cm³/mol. The van der Waals surface area contributed by atoms with Gasteiger partial charge in [-0.15, -0.1) is 0 Å². The Morgan fingerprint density at radius 2 is 1.68 bits per heavy atom. The van der Waals surface area contributed by atoms with Gasteiger partial charge in [0.2, 0.25) is 0 Å². The molecule has 0 saturated heterocycles. The minimum Gasteiger partial charge on any atom is -0.356 e. The van der Waals surface area contributed by atoms with Crippen molar-refractivity contribution in [1.29, 1.82) is 0 Å². The van der Waals surface area contributed by atoms with Crippen LogP contribution in [0.3, 0.4) is 0 Å². The first kappa shape index (κ1) is 16.5. The smallest absolute Gasteiger partial charge is 0.171 e. The van der Waals surface area contributed by atoms with E-state index < -0.39 is 0 Å². The summed E-state index contributed by atoms with van der Waals surface area (Å²) in [5.41, 5.74) is 7.41. The number of hydrogen-bond donors (Lipinski definition) is 2. The molecule has 1 atom stereocenters. The highest BCUT2D eigenvalue weighted by Crippen LogP contribution is 2.19. The molecule has 0 spiro atoms. The molecule has 0 aliphatic carbocycles. The Labute approximate surface area is 139 Å². The van der Waals surface area contributed by atoms with Gasteiger partial charge in [-0.2, -0.15) is 0 Å². The molecule has 1 unspecified atom stereocenters. The zero-order valence-corrected chi connectivity index (χ0v) is 14.8. The van der Waals surface area contributed by atoms with Crippen LogP contribution in [0.1, 0.15) is 40.8 Å². The van der Waals surface area contributed by atoms with E-state index in [1.54, 1.807) is 0 Å². The molecule has 0 bridgehead atoms. The van der Waals surface area contributed by atoms with Gasteiger partial charge in [0.25, 0.3) is 0 Å². The van der Waals surface area contributed by atoms with Gasteiger partial charge in [0.15, 0.2) is 5.11 Å². The van der Waals surface area contributed by atoms with Gasteiger partial charge in [-0.3, -0.25) is 0 Å². The number of rotatable bonds is 3. The van der Waals surface area contributed by atoms with E-state index in [4.69, 9.17) is 12.2 Å². The van der Waals surface area contributed by atoms with Gasteiger partial charge in [0, 0.05) is 5.69 Å². The highest BCUT2D eigenvalue weighted by atomic mass is 32.1. The number of thiocarbonyl (C=S) groups is 1. The largest absolute Gasteiger partial charge is 0.356 e.